The average Bonchev–Trinajstić information content (AvgIpc) is 3.35. The van der Waals surface area contributed by atoms with E-state index >= 15 is 0 Å². The Morgan fingerprint density at radius 1 is 1.10 bits per heavy atom. The number of fused-ring (bicyclic) bond motifs is 1. The second-order valence-corrected chi connectivity index (χ2v) is 7.04. The topological polar surface area (TPSA) is 77.0 Å². The highest BCUT2D eigenvalue weighted by Crippen LogP contribution is 2.36. The smallest absolute Gasteiger partial charge is 0.262 e. The minimum absolute atomic E-state index is 0. The van der Waals surface area contributed by atoms with Crippen LogP contribution in [0.15, 0.2) is 51.5 Å². The highest BCUT2D eigenvalue weighted by Gasteiger charge is 2.23. The third-order valence-corrected chi connectivity index (χ3v) is 5.10. The van der Waals surface area contributed by atoms with Crippen molar-refractivity contribution in [3.05, 3.63) is 65.2 Å². The monoisotopic (exact) mass is 408 g/mol. The molecule has 5 rings (SSSR count). The highest BCUT2D eigenvalue weighted by atomic mass is 35.5. The van der Waals surface area contributed by atoms with Crippen LogP contribution in [0, 0.1) is 13.8 Å². The standard InChI is InChI=1S/C22H20N4O2.ClH/c1-13-10-18(20(27-13)15-6-4-3-5-7-15)22-25-21(26-28-22)19-14(2)24-12-16-11-23-9-8-17(16)19;/h3-7,10,12,23H,8-9,11H2,1-2H3;1H. The lowest BCUT2D eigenvalue weighted by Gasteiger charge is -2.19. The number of benzene rings is 1. The summed E-state index contributed by atoms with van der Waals surface area (Å²) >= 11 is 0. The van der Waals surface area contributed by atoms with E-state index in [9.17, 15) is 0 Å². The van der Waals surface area contributed by atoms with Crippen LogP contribution < -0.4 is 5.32 Å². The Balaban J connectivity index is 0.00000205. The van der Waals surface area contributed by atoms with Crippen molar-refractivity contribution in [1.82, 2.24) is 20.4 Å². The summed E-state index contributed by atoms with van der Waals surface area (Å²) in [4.78, 5) is 9.26. The normalized spacial score (nSPS) is 13.0. The van der Waals surface area contributed by atoms with Crippen molar-refractivity contribution in [3.63, 3.8) is 0 Å². The Morgan fingerprint density at radius 3 is 2.76 bits per heavy atom. The lowest BCUT2D eigenvalue weighted by molar-refractivity contribution is 0.431. The quantitative estimate of drug-likeness (QED) is 0.527. The first kappa shape index (κ1) is 19.4. The van der Waals surface area contributed by atoms with Gasteiger partial charge in [-0.25, -0.2) is 0 Å². The molecular weight excluding hydrogens is 388 g/mol. The van der Waals surface area contributed by atoms with E-state index in [-0.39, 0.29) is 12.4 Å². The summed E-state index contributed by atoms with van der Waals surface area (Å²) in [7, 11) is 0. The van der Waals surface area contributed by atoms with Crippen molar-refractivity contribution in [2.45, 2.75) is 26.8 Å². The van der Waals surface area contributed by atoms with E-state index in [0.29, 0.717) is 11.7 Å². The number of aromatic nitrogens is 3. The van der Waals surface area contributed by atoms with Crippen LogP contribution in [0.3, 0.4) is 0 Å². The molecule has 0 atom stereocenters. The maximum atomic E-state index is 5.94. The molecule has 4 heterocycles. The Bertz CT molecular complexity index is 1150. The number of halogens is 1. The molecule has 0 saturated carbocycles. The number of nitrogens with zero attached hydrogens (tertiary/aromatic N) is 3. The Labute approximate surface area is 174 Å². The van der Waals surface area contributed by atoms with Crippen LogP contribution in [0.1, 0.15) is 22.6 Å². The Hall–Kier alpha value is -2.96. The molecule has 0 fully saturated rings. The van der Waals surface area contributed by atoms with E-state index in [4.69, 9.17) is 13.9 Å². The molecule has 1 N–H and O–H groups in total. The van der Waals surface area contributed by atoms with E-state index in [1.807, 2.05) is 56.4 Å². The number of rotatable bonds is 3. The number of aryl methyl sites for hydroxylation is 2. The van der Waals surface area contributed by atoms with Crippen molar-refractivity contribution in [1.29, 1.82) is 0 Å². The fraction of sp³-hybridized carbons (Fsp3) is 0.227. The van der Waals surface area contributed by atoms with Gasteiger partial charge in [-0.3, -0.25) is 4.98 Å². The van der Waals surface area contributed by atoms with Crippen molar-refractivity contribution >= 4 is 12.4 Å². The lowest BCUT2D eigenvalue weighted by Crippen LogP contribution is -2.24. The third kappa shape index (κ3) is 3.45. The van der Waals surface area contributed by atoms with Crippen LogP contribution >= 0.6 is 12.4 Å². The SMILES string of the molecule is Cc1cc(-c2nc(-c3c(C)ncc4c3CCNC4)no2)c(-c2ccccc2)o1.Cl. The molecule has 148 valence electrons. The van der Waals surface area contributed by atoms with Gasteiger partial charge < -0.3 is 14.3 Å². The number of nitrogens with one attached hydrogen (secondary N) is 1. The summed E-state index contributed by atoms with van der Waals surface area (Å²) < 4.78 is 11.6. The van der Waals surface area contributed by atoms with Crippen LogP contribution in [-0.2, 0) is 13.0 Å². The minimum Gasteiger partial charge on any atom is -0.461 e. The molecule has 29 heavy (non-hydrogen) atoms. The van der Waals surface area contributed by atoms with Gasteiger partial charge in [0.2, 0.25) is 5.82 Å². The van der Waals surface area contributed by atoms with Crippen molar-refractivity contribution in [3.8, 4) is 34.2 Å². The maximum absolute atomic E-state index is 5.94. The Kier molecular flexibility index (Phi) is 5.22. The zero-order valence-corrected chi connectivity index (χ0v) is 17.0. The van der Waals surface area contributed by atoms with Gasteiger partial charge in [0.1, 0.15) is 11.5 Å². The predicted octanol–water partition coefficient (Wildman–Crippen LogP) is 4.74. The van der Waals surface area contributed by atoms with Crippen molar-refractivity contribution < 1.29 is 8.94 Å². The van der Waals surface area contributed by atoms with Gasteiger partial charge in [-0.15, -0.1) is 12.4 Å². The van der Waals surface area contributed by atoms with Gasteiger partial charge in [-0.2, -0.15) is 4.98 Å². The molecule has 1 aliphatic rings. The summed E-state index contributed by atoms with van der Waals surface area (Å²) in [5, 5.41) is 7.67. The van der Waals surface area contributed by atoms with E-state index in [1.54, 1.807) is 0 Å². The molecule has 0 saturated heterocycles. The fourth-order valence-electron chi connectivity index (χ4n) is 3.78. The number of hydrogen-bond donors (Lipinski definition) is 1. The van der Waals surface area contributed by atoms with Crippen LogP contribution in [0.2, 0.25) is 0 Å². The summed E-state index contributed by atoms with van der Waals surface area (Å²) in [6.07, 6.45) is 2.87. The van der Waals surface area contributed by atoms with Crippen LogP contribution in [0.25, 0.3) is 34.2 Å². The van der Waals surface area contributed by atoms with Crippen LogP contribution in [0.4, 0.5) is 0 Å². The molecule has 1 aliphatic heterocycles. The molecule has 1 aromatic carbocycles. The number of hydrogen-bond acceptors (Lipinski definition) is 6. The van der Waals surface area contributed by atoms with E-state index in [1.165, 1.54) is 11.1 Å². The molecule has 4 aromatic rings. The van der Waals surface area contributed by atoms with Gasteiger partial charge in [0.25, 0.3) is 5.89 Å². The first-order chi connectivity index (χ1) is 13.7. The predicted molar refractivity (Wildman–Crippen MR) is 113 cm³/mol. The van der Waals surface area contributed by atoms with Crippen molar-refractivity contribution in [2.24, 2.45) is 0 Å². The third-order valence-electron chi connectivity index (χ3n) is 5.10. The zero-order chi connectivity index (χ0) is 19.1. The number of pyridine rings is 1. The van der Waals surface area contributed by atoms with E-state index in [2.05, 4.69) is 15.5 Å². The summed E-state index contributed by atoms with van der Waals surface area (Å²) in [6, 6.07) is 11.9. The van der Waals surface area contributed by atoms with Gasteiger partial charge in [0.15, 0.2) is 0 Å². The highest BCUT2D eigenvalue weighted by molar-refractivity contribution is 5.85. The van der Waals surface area contributed by atoms with Gasteiger partial charge in [0, 0.05) is 29.6 Å². The molecule has 0 unspecified atom stereocenters. The van der Waals surface area contributed by atoms with E-state index in [0.717, 1.165) is 53.4 Å². The van der Waals surface area contributed by atoms with Gasteiger partial charge in [-0.05, 0) is 44.0 Å². The molecule has 0 bridgehead atoms. The molecule has 0 radical (unpaired) electrons. The lowest BCUT2D eigenvalue weighted by atomic mass is 9.95. The zero-order valence-electron chi connectivity index (χ0n) is 16.2. The molecule has 0 amide bonds. The van der Waals surface area contributed by atoms with E-state index < -0.39 is 0 Å². The molecular formula is C22H21ClN4O2. The molecule has 7 heteroatoms. The summed E-state index contributed by atoms with van der Waals surface area (Å²) in [5.74, 6) is 2.57. The molecule has 0 spiro atoms. The van der Waals surface area contributed by atoms with Gasteiger partial charge in [-0.1, -0.05) is 35.5 Å². The molecule has 6 nitrogen and oxygen atoms in total. The van der Waals surface area contributed by atoms with Gasteiger partial charge in [0.05, 0.1) is 5.56 Å². The Morgan fingerprint density at radius 2 is 1.93 bits per heavy atom. The second kappa shape index (κ2) is 7.81. The minimum atomic E-state index is 0. The van der Waals surface area contributed by atoms with Crippen molar-refractivity contribution in [2.75, 3.05) is 6.54 Å². The molecule has 0 aliphatic carbocycles. The first-order valence-electron chi connectivity index (χ1n) is 9.39. The maximum Gasteiger partial charge on any atom is 0.262 e. The average molecular weight is 409 g/mol. The van der Waals surface area contributed by atoms with Crippen LogP contribution in [-0.4, -0.2) is 21.7 Å². The summed E-state index contributed by atoms with van der Waals surface area (Å²) in [5.41, 5.74) is 6.13. The fourth-order valence-corrected chi connectivity index (χ4v) is 3.78. The largest absolute Gasteiger partial charge is 0.461 e. The number of furan rings is 1. The molecule has 3 aromatic heterocycles. The summed E-state index contributed by atoms with van der Waals surface area (Å²) in [6.45, 7) is 5.67. The first-order valence-corrected chi connectivity index (χ1v) is 9.39. The van der Waals surface area contributed by atoms with Gasteiger partial charge >= 0.3 is 0 Å². The second-order valence-electron chi connectivity index (χ2n) is 7.04. The van der Waals surface area contributed by atoms with Crippen LogP contribution in [0.5, 0.6) is 0 Å².